The highest BCUT2D eigenvalue weighted by molar-refractivity contribution is 5.99. The van der Waals surface area contributed by atoms with E-state index in [-0.39, 0.29) is 29.4 Å². The lowest BCUT2D eigenvalue weighted by molar-refractivity contribution is -0.135. The van der Waals surface area contributed by atoms with Crippen LogP contribution in [0.1, 0.15) is 40.5 Å². The van der Waals surface area contributed by atoms with Crippen molar-refractivity contribution < 1.29 is 23.6 Å². The van der Waals surface area contributed by atoms with Crippen LogP contribution in [0.3, 0.4) is 0 Å². The van der Waals surface area contributed by atoms with Crippen LogP contribution in [-0.4, -0.2) is 72.0 Å². The Kier molecular flexibility index (Phi) is 6.94. The number of amides is 3. The number of carbonyl (C=O) groups is 3. The average Bonchev–Trinajstić information content (AvgIpc) is 3.22. The molecule has 2 heterocycles. The summed E-state index contributed by atoms with van der Waals surface area (Å²) >= 11 is 0. The number of nitrogens with one attached hydrogen (secondary N) is 1. The Labute approximate surface area is 181 Å². The van der Waals surface area contributed by atoms with Gasteiger partial charge in [0.2, 0.25) is 11.7 Å². The maximum Gasteiger partial charge on any atom is 0.292 e. The van der Waals surface area contributed by atoms with Crippen molar-refractivity contribution in [2.75, 3.05) is 33.3 Å². The molecule has 1 N–H and O–H groups in total. The molecule has 166 valence electrons. The Balaban J connectivity index is 1.63. The highest BCUT2D eigenvalue weighted by atomic mass is 16.5. The first-order valence-electron chi connectivity index (χ1n) is 10.3. The number of hydrogen-bond donors (Lipinski definition) is 1. The number of aryl methyl sites for hydroxylation is 1. The van der Waals surface area contributed by atoms with Crippen LogP contribution in [0.4, 0.5) is 0 Å². The zero-order chi connectivity index (χ0) is 22.5. The van der Waals surface area contributed by atoms with Crippen LogP contribution in [0.2, 0.25) is 0 Å². The summed E-state index contributed by atoms with van der Waals surface area (Å²) in [5.41, 5.74) is 1.02. The Morgan fingerprint density at radius 2 is 1.74 bits per heavy atom. The number of carbonyl (C=O) groups excluding carboxylic acids is 3. The first-order valence-corrected chi connectivity index (χ1v) is 10.3. The van der Waals surface area contributed by atoms with Crippen molar-refractivity contribution in [3.05, 3.63) is 47.3 Å². The lowest BCUT2D eigenvalue weighted by Gasteiger charge is -2.37. The summed E-state index contributed by atoms with van der Waals surface area (Å²) in [4.78, 5) is 41.8. The van der Waals surface area contributed by atoms with E-state index in [1.54, 1.807) is 47.1 Å². The molecule has 9 heteroatoms. The smallest absolute Gasteiger partial charge is 0.292 e. The molecule has 3 rings (SSSR count). The van der Waals surface area contributed by atoms with Gasteiger partial charge in [0.1, 0.15) is 11.8 Å². The van der Waals surface area contributed by atoms with E-state index < -0.39 is 6.04 Å². The third kappa shape index (κ3) is 5.04. The molecule has 1 unspecified atom stereocenters. The fourth-order valence-corrected chi connectivity index (χ4v) is 3.51. The number of piperazine rings is 1. The maximum atomic E-state index is 13.2. The minimum absolute atomic E-state index is 0.108. The van der Waals surface area contributed by atoms with Crippen LogP contribution in [0.25, 0.3) is 0 Å². The van der Waals surface area contributed by atoms with E-state index in [4.69, 9.17) is 9.26 Å². The van der Waals surface area contributed by atoms with Crippen LogP contribution in [0.5, 0.6) is 5.75 Å². The fraction of sp³-hybridized carbons (Fsp3) is 0.455. The zero-order valence-corrected chi connectivity index (χ0v) is 18.3. The van der Waals surface area contributed by atoms with Gasteiger partial charge >= 0.3 is 0 Å². The van der Waals surface area contributed by atoms with E-state index in [1.165, 1.54) is 7.11 Å². The van der Waals surface area contributed by atoms with Crippen LogP contribution >= 0.6 is 0 Å². The molecule has 0 aliphatic carbocycles. The van der Waals surface area contributed by atoms with Gasteiger partial charge in [-0.05, 0) is 25.0 Å². The summed E-state index contributed by atoms with van der Waals surface area (Å²) in [5.74, 6) is -0.230. The second-order valence-electron chi connectivity index (χ2n) is 7.85. The van der Waals surface area contributed by atoms with Gasteiger partial charge in [-0.25, -0.2) is 0 Å². The second-order valence-corrected chi connectivity index (χ2v) is 7.85. The molecule has 0 saturated carbocycles. The standard InChI is InChI=1S/C22H28N4O5/c1-14(2)19(23-20(27)16-7-5-6-8-17(16)30-4)22(29)26-11-9-25(10-12-26)21(28)18-13-15(3)24-31-18/h5-8,13-14,19H,9-12H2,1-4H3,(H,23,27). The summed E-state index contributed by atoms with van der Waals surface area (Å²) in [6.45, 7) is 7.05. The number of methoxy groups -OCH3 is 1. The van der Waals surface area contributed by atoms with Crippen molar-refractivity contribution in [1.29, 1.82) is 0 Å². The minimum atomic E-state index is -0.684. The molecule has 1 atom stereocenters. The molecule has 0 radical (unpaired) electrons. The van der Waals surface area contributed by atoms with E-state index in [9.17, 15) is 14.4 Å². The van der Waals surface area contributed by atoms with Gasteiger partial charge in [-0.3, -0.25) is 14.4 Å². The molecule has 9 nitrogen and oxygen atoms in total. The van der Waals surface area contributed by atoms with Gasteiger partial charge in [-0.1, -0.05) is 31.1 Å². The van der Waals surface area contributed by atoms with Crippen molar-refractivity contribution in [2.24, 2.45) is 5.92 Å². The van der Waals surface area contributed by atoms with E-state index in [1.807, 2.05) is 13.8 Å². The Hall–Kier alpha value is -3.36. The number of benzene rings is 1. The molecule has 1 aliphatic heterocycles. The zero-order valence-electron chi connectivity index (χ0n) is 18.3. The number of rotatable bonds is 6. The van der Waals surface area contributed by atoms with E-state index in [2.05, 4.69) is 10.5 Å². The van der Waals surface area contributed by atoms with Crippen molar-refractivity contribution in [3.8, 4) is 5.75 Å². The van der Waals surface area contributed by atoms with Gasteiger partial charge in [-0.15, -0.1) is 0 Å². The molecular formula is C22H28N4O5. The predicted octanol–water partition coefficient (Wildman–Crippen LogP) is 1.73. The van der Waals surface area contributed by atoms with Gasteiger partial charge in [0.05, 0.1) is 18.4 Å². The topological polar surface area (TPSA) is 105 Å². The van der Waals surface area contributed by atoms with Gasteiger partial charge in [-0.2, -0.15) is 0 Å². The van der Waals surface area contributed by atoms with Crippen LogP contribution in [0, 0.1) is 12.8 Å². The molecule has 0 bridgehead atoms. The Morgan fingerprint density at radius 1 is 1.10 bits per heavy atom. The lowest BCUT2D eigenvalue weighted by Crippen LogP contribution is -2.57. The molecule has 1 fully saturated rings. The highest BCUT2D eigenvalue weighted by Crippen LogP contribution is 2.19. The SMILES string of the molecule is COc1ccccc1C(=O)NC(C(=O)N1CCN(C(=O)c2cc(C)no2)CC1)C(C)C. The largest absolute Gasteiger partial charge is 0.496 e. The number of hydrogen-bond acceptors (Lipinski definition) is 6. The molecule has 1 aliphatic rings. The van der Waals surface area contributed by atoms with Gasteiger partial charge in [0.15, 0.2) is 0 Å². The molecular weight excluding hydrogens is 400 g/mol. The maximum absolute atomic E-state index is 13.2. The Bertz CT molecular complexity index is 947. The summed E-state index contributed by atoms with van der Waals surface area (Å²) in [6.07, 6.45) is 0. The van der Waals surface area contributed by atoms with E-state index >= 15 is 0 Å². The van der Waals surface area contributed by atoms with Gasteiger partial charge < -0.3 is 24.4 Å². The summed E-state index contributed by atoms with van der Waals surface area (Å²) < 4.78 is 10.3. The number of nitrogens with zero attached hydrogens (tertiary/aromatic N) is 3. The fourth-order valence-electron chi connectivity index (χ4n) is 3.51. The van der Waals surface area contributed by atoms with E-state index in [0.29, 0.717) is 43.2 Å². The quantitative estimate of drug-likeness (QED) is 0.751. The normalized spacial score (nSPS) is 15.0. The third-order valence-corrected chi connectivity index (χ3v) is 5.29. The Morgan fingerprint density at radius 3 is 2.32 bits per heavy atom. The molecule has 0 spiro atoms. The number of ether oxygens (including phenoxy) is 1. The molecule has 1 aromatic carbocycles. The van der Waals surface area contributed by atoms with Gasteiger partial charge in [0, 0.05) is 32.2 Å². The first kappa shape index (κ1) is 22.3. The summed E-state index contributed by atoms with van der Waals surface area (Å²) in [7, 11) is 1.50. The molecule has 1 aromatic heterocycles. The number of aromatic nitrogens is 1. The minimum Gasteiger partial charge on any atom is -0.496 e. The highest BCUT2D eigenvalue weighted by Gasteiger charge is 2.33. The molecule has 1 saturated heterocycles. The summed E-state index contributed by atoms with van der Waals surface area (Å²) in [5, 5.41) is 6.60. The lowest BCUT2D eigenvalue weighted by atomic mass is 10.0. The molecule has 3 amide bonds. The second kappa shape index (κ2) is 9.63. The van der Waals surface area contributed by atoms with Crippen LogP contribution in [0.15, 0.2) is 34.9 Å². The third-order valence-electron chi connectivity index (χ3n) is 5.29. The number of para-hydroxylation sites is 1. The van der Waals surface area contributed by atoms with Crippen molar-refractivity contribution in [2.45, 2.75) is 26.8 Å². The van der Waals surface area contributed by atoms with Gasteiger partial charge in [0.25, 0.3) is 11.8 Å². The van der Waals surface area contributed by atoms with Crippen LogP contribution < -0.4 is 10.1 Å². The summed E-state index contributed by atoms with van der Waals surface area (Å²) in [6, 6.07) is 7.80. The van der Waals surface area contributed by atoms with Crippen molar-refractivity contribution in [3.63, 3.8) is 0 Å². The average molecular weight is 428 g/mol. The molecule has 2 aromatic rings. The van der Waals surface area contributed by atoms with Crippen LogP contribution in [-0.2, 0) is 4.79 Å². The first-order chi connectivity index (χ1) is 14.8. The molecule has 31 heavy (non-hydrogen) atoms. The van der Waals surface area contributed by atoms with Crippen molar-refractivity contribution in [1.82, 2.24) is 20.3 Å². The predicted molar refractivity (Wildman–Crippen MR) is 113 cm³/mol. The van der Waals surface area contributed by atoms with Crippen molar-refractivity contribution >= 4 is 17.7 Å². The monoisotopic (exact) mass is 428 g/mol. The van der Waals surface area contributed by atoms with E-state index in [0.717, 1.165) is 0 Å².